The number of rotatable bonds is 12. The highest BCUT2D eigenvalue weighted by Gasteiger charge is 2.43. The SMILES string of the molecule is Cn1ccnc1S(=O)(=O)N1CCS[C@H]1C(=O)O[C@@H](Cc1c(Cl)c[nH+]cc1Cl)c1ccc(OC(F)F)c(OCC2CC2)c1.[OH-]. The van der Waals surface area contributed by atoms with E-state index in [0.29, 0.717) is 29.4 Å². The van der Waals surface area contributed by atoms with E-state index in [4.69, 9.17) is 32.7 Å². The number of aromatic nitrogens is 3. The number of imidazole rings is 1. The number of pyridine rings is 1. The molecule has 43 heavy (non-hydrogen) atoms. The van der Waals surface area contributed by atoms with Crippen molar-refractivity contribution in [3.05, 3.63) is 64.2 Å². The molecular weight excluding hydrogens is 653 g/mol. The molecule has 0 radical (unpaired) electrons. The number of hydrogen-bond donors (Lipinski definition) is 0. The second kappa shape index (κ2) is 13.9. The average molecular weight is 682 g/mol. The fourth-order valence-corrected chi connectivity index (χ4v) is 8.06. The monoisotopic (exact) mass is 680 g/mol. The lowest BCUT2D eigenvalue weighted by Gasteiger charge is -2.25. The smallest absolute Gasteiger partial charge is 0.387 e. The van der Waals surface area contributed by atoms with Crippen LogP contribution in [0.15, 0.2) is 48.1 Å². The molecule has 234 valence electrons. The maximum Gasteiger partial charge on any atom is 0.387 e. The fourth-order valence-electron chi connectivity index (χ4n) is 4.40. The number of sulfonamides is 1. The lowest BCUT2D eigenvalue weighted by Crippen LogP contribution is -2.41. The van der Waals surface area contributed by atoms with Crippen LogP contribution in [0.5, 0.6) is 11.5 Å². The molecule has 1 saturated carbocycles. The summed E-state index contributed by atoms with van der Waals surface area (Å²) in [6.07, 6.45) is 6.78. The maximum absolute atomic E-state index is 13.6. The second-order valence-electron chi connectivity index (χ2n) is 9.76. The molecule has 0 spiro atoms. The highest BCUT2D eigenvalue weighted by atomic mass is 35.5. The third kappa shape index (κ3) is 7.70. The molecule has 1 aromatic carbocycles. The van der Waals surface area contributed by atoms with Crippen molar-refractivity contribution in [3.63, 3.8) is 0 Å². The van der Waals surface area contributed by atoms with Crippen LogP contribution in [-0.2, 0) is 33.0 Å². The Morgan fingerprint density at radius 1 is 1.21 bits per heavy atom. The standard InChI is InChI=1S/C26H26Cl2F2N4O6S2.H2O/c1-33-7-6-32-26(33)42(36,37)34-8-9-41-23(34)24(35)39-21(11-17-18(27)12-31-13-19(17)28)16-4-5-20(40-25(29)30)22(10-16)38-14-15-2-3-15;/h4-7,10,12-13,15,21,23,25H,2-3,8-9,11,14H2,1H3;1H2/t21-,23-;/m0./s1. The van der Waals surface area contributed by atoms with Crippen LogP contribution in [0, 0.1) is 5.92 Å². The first-order chi connectivity index (χ1) is 20.0. The number of halogens is 4. The van der Waals surface area contributed by atoms with Gasteiger partial charge in [-0.1, -0.05) is 29.3 Å². The number of esters is 1. The van der Waals surface area contributed by atoms with Gasteiger partial charge in [0.05, 0.1) is 6.61 Å². The van der Waals surface area contributed by atoms with Gasteiger partial charge in [0.2, 0.25) is 5.16 Å². The van der Waals surface area contributed by atoms with E-state index in [1.807, 2.05) is 0 Å². The van der Waals surface area contributed by atoms with Crippen LogP contribution < -0.4 is 14.5 Å². The van der Waals surface area contributed by atoms with Gasteiger partial charge in [-0.15, -0.1) is 11.8 Å². The number of aromatic amines is 1. The molecule has 3 aromatic rings. The molecule has 2 fully saturated rings. The Balaban J connectivity index is 0.00000423. The average Bonchev–Trinajstić information content (AvgIpc) is 3.42. The van der Waals surface area contributed by atoms with Gasteiger partial charge in [-0.2, -0.15) is 13.1 Å². The summed E-state index contributed by atoms with van der Waals surface area (Å²) in [5, 5.41) is -0.830. The van der Waals surface area contributed by atoms with Crippen LogP contribution in [0.25, 0.3) is 0 Å². The minimum absolute atomic E-state index is 0. The molecule has 11 nitrogen and oxygen atoms in total. The summed E-state index contributed by atoms with van der Waals surface area (Å²) in [7, 11) is -2.57. The first-order valence-electron chi connectivity index (χ1n) is 12.9. The van der Waals surface area contributed by atoms with E-state index in [2.05, 4.69) is 14.7 Å². The van der Waals surface area contributed by atoms with Gasteiger partial charge >= 0.3 is 12.6 Å². The van der Waals surface area contributed by atoms with Crippen LogP contribution in [0.1, 0.15) is 30.1 Å². The van der Waals surface area contributed by atoms with Crippen molar-refractivity contribution in [1.82, 2.24) is 13.9 Å². The summed E-state index contributed by atoms with van der Waals surface area (Å²) in [6, 6.07) is 4.26. The predicted molar refractivity (Wildman–Crippen MR) is 152 cm³/mol. The molecule has 1 aliphatic carbocycles. The second-order valence-corrected chi connectivity index (χ2v) is 13.5. The minimum Gasteiger partial charge on any atom is -0.870 e. The van der Waals surface area contributed by atoms with Gasteiger partial charge in [0.25, 0.3) is 10.0 Å². The highest BCUT2D eigenvalue weighted by Crippen LogP contribution is 2.39. The molecule has 2 atom stereocenters. The third-order valence-corrected chi connectivity index (χ3v) is 10.6. The Labute approximate surface area is 260 Å². The molecule has 5 rings (SSSR count). The summed E-state index contributed by atoms with van der Waals surface area (Å²) in [4.78, 5) is 20.4. The molecule has 0 amide bonds. The number of thioether (sulfide) groups is 1. The van der Waals surface area contributed by atoms with Gasteiger partial charge in [-0.05, 0) is 36.5 Å². The van der Waals surface area contributed by atoms with Crippen LogP contribution in [0.3, 0.4) is 0 Å². The summed E-state index contributed by atoms with van der Waals surface area (Å²) in [5.74, 6) is -0.231. The number of nitrogens with zero attached hydrogens (tertiary/aromatic N) is 3. The molecule has 1 saturated heterocycles. The van der Waals surface area contributed by atoms with Crippen molar-refractivity contribution < 1.29 is 46.7 Å². The van der Waals surface area contributed by atoms with E-state index in [0.717, 1.165) is 28.9 Å². The lowest BCUT2D eigenvalue weighted by molar-refractivity contribution is -0.377. The van der Waals surface area contributed by atoms with Crippen LogP contribution in [-0.4, -0.2) is 64.6 Å². The number of hydrogen-bond acceptors (Lipinski definition) is 9. The van der Waals surface area contributed by atoms with Crippen LogP contribution in [0.4, 0.5) is 8.78 Å². The zero-order chi connectivity index (χ0) is 30.0. The molecule has 2 aliphatic rings. The molecule has 0 unspecified atom stereocenters. The van der Waals surface area contributed by atoms with Gasteiger partial charge in [-0.3, -0.25) is 0 Å². The Hall–Kier alpha value is -2.69. The molecule has 3 heterocycles. The van der Waals surface area contributed by atoms with Crippen LogP contribution >= 0.6 is 35.0 Å². The Bertz CT molecular complexity index is 1540. The van der Waals surface area contributed by atoms with E-state index >= 15 is 0 Å². The van der Waals surface area contributed by atoms with Crippen molar-refractivity contribution >= 4 is 51.0 Å². The number of alkyl halides is 2. The molecular formula is C26H28Cl2F2N4O7S2. The van der Waals surface area contributed by atoms with Gasteiger partial charge < -0.3 is 24.3 Å². The molecule has 1 aliphatic heterocycles. The molecule has 17 heteroatoms. The summed E-state index contributed by atoms with van der Waals surface area (Å²) >= 11 is 13.9. The molecule has 0 bridgehead atoms. The largest absolute Gasteiger partial charge is 0.870 e. The molecule has 2 aromatic heterocycles. The van der Waals surface area contributed by atoms with Crippen molar-refractivity contribution in [3.8, 4) is 11.5 Å². The zero-order valence-electron chi connectivity index (χ0n) is 22.7. The van der Waals surface area contributed by atoms with Gasteiger partial charge in [0.15, 0.2) is 29.3 Å². The van der Waals surface area contributed by atoms with E-state index in [1.165, 1.54) is 47.6 Å². The van der Waals surface area contributed by atoms with Crippen molar-refractivity contribution in [1.29, 1.82) is 0 Å². The van der Waals surface area contributed by atoms with E-state index in [1.54, 1.807) is 7.05 Å². The normalized spacial score (nSPS) is 17.9. The third-order valence-electron chi connectivity index (χ3n) is 6.74. The van der Waals surface area contributed by atoms with E-state index in [9.17, 15) is 22.0 Å². The fraction of sp³-hybridized carbons (Fsp3) is 0.423. The zero-order valence-corrected chi connectivity index (χ0v) is 25.8. The minimum atomic E-state index is -4.12. The first-order valence-corrected chi connectivity index (χ1v) is 16.2. The van der Waals surface area contributed by atoms with Crippen molar-refractivity contribution in [2.75, 3.05) is 18.9 Å². The number of H-pyrrole nitrogens is 1. The number of carbonyl (C=O) groups is 1. The van der Waals surface area contributed by atoms with E-state index in [-0.39, 0.29) is 45.1 Å². The topological polar surface area (TPSA) is 144 Å². The summed E-state index contributed by atoms with van der Waals surface area (Å²) in [5.41, 5.74) is 0.844. The van der Waals surface area contributed by atoms with Gasteiger partial charge in [0.1, 0.15) is 16.1 Å². The predicted octanol–water partition coefficient (Wildman–Crippen LogP) is 4.35. The van der Waals surface area contributed by atoms with Crippen molar-refractivity contribution in [2.45, 2.75) is 42.5 Å². The Morgan fingerprint density at radius 2 is 1.93 bits per heavy atom. The number of aryl methyl sites for hydroxylation is 1. The highest BCUT2D eigenvalue weighted by molar-refractivity contribution is 8.02. The van der Waals surface area contributed by atoms with Crippen LogP contribution in [0.2, 0.25) is 10.0 Å². The number of carbonyl (C=O) groups excluding carboxylic acids is 1. The number of ether oxygens (including phenoxy) is 3. The first kappa shape index (κ1) is 33.2. The summed E-state index contributed by atoms with van der Waals surface area (Å²) in [6.45, 7) is -2.68. The molecule has 2 N–H and O–H groups in total. The van der Waals surface area contributed by atoms with Gasteiger partial charge in [0, 0.05) is 43.7 Å². The van der Waals surface area contributed by atoms with Gasteiger partial charge in [-0.25, -0.2) is 23.2 Å². The maximum atomic E-state index is 13.6. The number of benzene rings is 1. The quantitative estimate of drug-likeness (QED) is 0.255. The van der Waals surface area contributed by atoms with E-state index < -0.39 is 34.1 Å². The Morgan fingerprint density at radius 3 is 2.56 bits per heavy atom. The Kier molecular flexibility index (Phi) is 10.8. The summed E-state index contributed by atoms with van der Waals surface area (Å²) < 4.78 is 71.8. The number of nitrogens with one attached hydrogen (secondary N) is 1. The lowest BCUT2D eigenvalue weighted by atomic mass is 10.0. The van der Waals surface area contributed by atoms with Crippen molar-refractivity contribution in [2.24, 2.45) is 13.0 Å².